The zero-order valence-electron chi connectivity index (χ0n) is 13.3. The Morgan fingerprint density at radius 2 is 2.32 bits per heavy atom. The number of benzene rings is 1. The number of methoxy groups -OCH3 is 1. The third kappa shape index (κ3) is 3.69. The normalized spacial score (nSPS) is 18.3. The van der Waals surface area contributed by atoms with Crippen LogP contribution in [-0.2, 0) is 0 Å². The smallest absolute Gasteiger partial charge is 0.121 e. The summed E-state index contributed by atoms with van der Waals surface area (Å²) in [5, 5.41) is 8.25. The minimum Gasteiger partial charge on any atom is -0.497 e. The third-order valence-corrected chi connectivity index (χ3v) is 4.37. The molecule has 2 heterocycles. The van der Waals surface area contributed by atoms with Gasteiger partial charge in [0.25, 0.3) is 0 Å². The van der Waals surface area contributed by atoms with E-state index < -0.39 is 0 Å². The van der Waals surface area contributed by atoms with Crippen LogP contribution in [-0.4, -0.2) is 31.2 Å². The fourth-order valence-electron chi connectivity index (χ4n) is 3.16. The molecule has 0 unspecified atom stereocenters. The summed E-state index contributed by atoms with van der Waals surface area (Å²) in [5.41, 5.74) is 2.07. The van der Waals surface area contributed by atoms with E-state index in [9.17, 15) is 0 Å². The molecule has 1 aliphatic rings. The molecule has 2 aromatic rings. The second kappa shape index (κ2) is 7.45. The lowest BCUT2D eigenvalue weighted by Gasteiger charge is -2.23. The van der Waals surface area contributed by atoms with Crippen LogP contribution in [0.1, 0.15) is 32.1 Å². The van der Waals surface area contributed by atoms with Crippen molar-refractivity contribution in [2.45, 2.75) is 38.1 Å². The van der Waals surface area contributed by atoms with Crippen LogP contribution in [0, 0.1) is 0 Å². The van der Waals surface area contributed by atoms with Crippen molar-refractivity contribution in [3.63, 3.8) is 0 Å². The van der Waals surface area contributed by atoms with Gasteiger partial charge in [0.15, 0.2) is 0 Å². The maximum absolute atomic E-state index is 5.39. The fourth-order valence-corrected chi connectivity index (χ4v) is 3.16. The predicted molar refractivity (Wildman–Crippen MR) is 91.7 cm³/mol. The highest BCUT2D eigenvalue weighted by Gasteiger charge is 2.11. The Morgan fingerprint density at radius 1 is 1.36 bits per heavy atom. The van der Waals surface area contributed by atoms with E-state index in [1.54, 1.807) is 7.11 Å². The Kier molecular flexibility index (Phi) is 5.11. The van der Waals surface area contributed by atoms with Crippen molar-refractivity contribution >= 4 is 16.6 Å². The lowest BCUT2D eigenvalue weighted by molar-refractivity contribution is 0.378. The molecule has 4 heteroatoms. The minimum absolute atomic E-state index is 0.704. The first-order chi connectivity index (χ1) is 10.9. The van der Waals surface area contributed by atoms with Gasteiger partial charge in [-0.1, -0.05) is 12.5 Å². The van der Waals surface area contributed by atoms with Crippen LogP contribution in [0.25, 0.3) is 10.9 Å². The van der Waals surface area contributed by atoms with Crippen LogP contribution >= 0.6 is 0 Å². The van der Waals surface area contributed by atoms with E-state index in [0.717, 1.165) is 28.9 Å². The summed E-state index contributed by atoms with van der Waals surface area (Å²) in [6.07, 6.45) is 8.27. The Hall–Kier alpha value is -1.81. The highest BCUT2D eigenvalue weighted by atomic mass is 16.5. The third-order valence-electron chi connectivity index (χ3n) is 4.37. The van der Waals surface area contributed by atoms with Crippen molar-refractivity contribution < 1.29 is 4.74 Å². The van der Waals surface area contributed by atoms with Gasteiger partial charge in [-0.15, -0.1) is 0 Å². The quantitative estimate of drug-likeness (QED) is 0.800. The number of hydrogen-bond acceptors (Lipinski definition) is 4. The highest BCUT2D eigenvalue weighted by molar-refractivity contribution is 5.91. The zero-order valence-corrected chi connectivity index (χ0v) is 13.3. The summed E-state index contributed by atoms with van der Waals surface area (Å²) in [4.78, 5) is 4.49. The summed E-state index contributed by atoms with van der Waals surface area (Å²) < 4.78 is 5.39. The summed E-state index contributed by atoms with van der Waals surface area (Å²) in [5.74, 6) is 0.872. The molecule has 0 radical (unpaired) electrons. The average molecular weight is 299 g/mol. The van der Waals surface area contributed by atoms with Crippen molar-refractivity contribution in [1.82, 2.24) is 10.3 Å². The standard InChI is InChI=1S/C18H25N3O/c1-22-16-12-14-6-4-11-21-18(14)17(13-16)20-10-5-8-15-7-2-3-9-19-15/h4,6,11-13,15,19-20H,2-3,5,7-10H2,1H3/t15-/m0/s1. The maximum Gasteiger partial charge on any atom is 0.121 e. The molecule has 4 nitrogen and oxygen atoms in total. The van der Waals surface area contributed by atoms with Crippen molar-refractivity contribution in [2.75, 3.05) is 25.5 Å². The monoisotopic (exact) mass is 299 g/mol. The van der Waals surface area contributed by atoms with Crippen molar-refractivity contribution in [1.29, 1.82) is 0 Å². The van der Waals surface area contributed by atoms with Gasteiger partial charge in [-0.05, 0) is 44.4 Å². The summed E-state index contributed by atoms with van der Waals surface area (Å²) in [6, 6.07) is 8.80. The Bertz CT molecular complexity index is 608. The van der Waals surface area contributed by atoms with Crippen LogP contribution in [0.4, 0.5) is 5.69 Å². The number of aromatic nitrogens is 1. The van der Waals surface area contributed by atoms with Crippen molar-refractivity contribution in [2.24, 2.45) is 0 Å². The van der Waals surface area contributed by atoms with Gasteiger partial charge in [-0.2, -0.15) is 0 Å². The summed E-state index contributed by atoms with van der Waals surface area (Å²) >= 11 is 0. The van der Waals surface area contributed by atoms with E-state index in [1.807, 2.05) is 24.4 Å². The molecule has 2 N–H and O–H groups in total. The van der Waals surface area contributed by atoms with Crippen LogP contribution in [0.3, 0.4) is 0 Å². The summed E-state index contributed by atoms with van der Waals surface area (Å²) in [7, 11) is 1.70. The number of pyridine rings is 1. The van der Waals surface area contributed by atoms with Gasteiger partial charge in [0, 0.05) is 30.2 Å². The number of fused-ring (bicyclic) bond motifs is 1. The van der Waals surface area contributed by atoms with Gasteiger partial charge < -0.3 is 15.4 Å². The molecule has 1 aromatic carbocycles. The second-order valence-corrected chi connectivity index (χ2v) is 5.97. The van der Waals surface area contributed by atoms with E-state index >= 15 is 0 Å². The first kappa shape index (κ1) is 15.1. The molecular weight excluding hydrogens is 274 g/mol. The highest BCUT2D eigenvalue weighted by Crippen LogP contribution is 2.27. The number of rotatable bonds is 6. The molecular formula is C18H25N3O. The molecule has 0 aliphatic carbocycles. The van der Waals surface area contributed by atoms with Crippen molar-refractivity contribution in [3.8, 4) is 5.75 Å². The maximum atomic E-state index is 5.39. The number of ether oxygens (including phenoxy) is 1. The number of nitrogens with one attached hydrogen (secondary N) is 2. The predicted octanol–water partition coefficient (Wildman–Crippen LogP) is 3.58. The minimum atomic E-state index is 0.704. The number of nitrogens with zero attached hydrogens (tertiary/aromatic N) is 1. The molecule has 1 atom stereocenters. The molecule has 118 valence electrons. The zero-order chi connectivity index (χ0) is 15.2. The Labute approximate surface area is 132 Å². The molecule has 22 heavy (non-hydrogen) atoms. The van der Waals surface area contributed by atoms with Crippen LogP contribution in [0.2, 0.25) is 0 Å². The van der Waals surface area contributed by atoms with Gasteiger partial charge in [0.1, 0.15) is 5.75 Å². The SMILES string of the molecule is COc1cc(NCCC[C@@H]2CCCCN2)c2ncccc2c1. The van der Waals surface area contributed by atoms with Crippen LogP contribution in [0.15, 0.2) is 30.5 Å². The van der Waals surface area contributed by atoms with Crippen molar-refractivity contribution in [3.05, 3.63) is 30.5 Å². The van der Waals surface area contributed by atoms with Crippen LogP contribution < -0.4 is 15.4 Å². The van der Waals surface area contributed by atoms with E-state index in [-0.39, 0.29) is 0 Å². The molecule has 0 amide bonds. The lowest BCUT2D eigenvalue weighted by atomic mass is 10.0. The largest absolute Gasteiger partial charge is 0.497 e. The van der Waals surface area contributed by atoms with E-state index in [4.69, 9.17) is 4.74 Å². The Balaban J connectivity index is 1.60. The molecule has 0 spiro atoms. The van der Waals surface area contributed by atoms with Gasteiger partial charge in [0.05, 0.1) is 18.3 Å². The van der Waals surface area contributed by atoms with E-state index in [2.05, 4.69) is 21.7 Å². The van der Waals surface area contributed by atoms with E-state index in [1.165, 1.54) is 38.6 Å². The van der Waals surface area contributed by atoms with Gasteiger partial charge >= 0.3 is 0 Å². The Morgan fingerprint density at radius 3 is 3.14 bits per heavy atom. The average Bonchev–Trinajstić information content (AvgIpc) is 2.59. The van der Waals surface area contributed by atoms with Gasteiger partial charge in [0.2, 0.25) is 0 Å². The molecule has 0 bridgehead atoms. The molecule has 1 aromatic heterocycles. The lowest BCUT2D eigenvalue weighted by Crippen LogP contribution is -2.34. The van der Waals surface area contributed by atoms with E-state index in [0.29, 0.717) is 6.04 Å². The first-order valence-corrected chi connectivity index (χ1v) is 8.27. The molecule has 1 aliphatic heterocycles. The van der Waals surface area contributed by atoms with Crippen LogP contribution in [0.5, 0.6) is 5.75 Å². The fraction of sp³-hybridized carbons (Fsp3) is 0.500. The number of anilines is 1. The summed E-state index contributed by atoms with van der Waals surface area (Å²) in [6.45, 7) is 2.15. The molecule has 0 saturated carbocycles. The number of hydrogen-bond donors (Lipinski definition) is 2. The first-order valence-electron chi connectivity index (χ1n) is 8.27. The van der Waals surface area contributed by atoms with Gasteiger partial charge in [-0.25, -0.2) is 0 Å². The number of piperidine rings is 1. The second-order valence-electron chi connectivity index (χ2n) is 5.97. The topological polar surface area (TPSA) is 46.2 Å². The van der Waals surface area contributed by atoms with Gasteiger partial charge in [-0.3, -0.25) is 4.98 Å². The molecule has 1 fully saturated rings. The molecule has 3 rings (SSSR count). The molecule has 1 saturated heterocycles.